The second-order valence-corrected chi connectivity index (χ2v) is 8.23. The third kappa shape index (κ3) is 4.29. The van der Waals surface area contributed by atoms with Crippen molar-refractivity contribution < 1.29 is 18.0 Å². The van der Waals surface area contributed by atoms with Gasteiger partial charge in [-0.15, -0.1) is 4.40 Å². The number of carbonyl (C=O) groups excluding carboxylic acids is 2. The second kappa shape index (κ2) is 8.08. The molecular formula is C18H24N4O4S. The van der Waals surface area contributed by atoms with Gasteiger partial charge in [-0.05, 0) is 37.5 Å². The Labute approximate surface area is 159 Å². The third-order valence-corrected chi connectivity index (χ3v) is 5.93. The Hall–Kier alpha value is -2.42. The first-order valence-corrected chi connectivity index (χ1v) is 10.7. The van der Waals surface area contributed by atoms with Crippen LogP contribution in [0, 0.1) is 0 Å². The van der Waals surface area contributed by atoms with Gasteiger partial charge in [0.25, 0.3) is 15.9 Å². The predicted molar refractivity (Wildman–Crippen MR) is 103 cm³/mol. The molecule has 2 N–H and O–H groups in total. The first kappa shape index (κ1) is 19.3. The molecule has 2 heterocycles. The maximum Gasteiger partial charge on any atom is 0.286 e. The van der Waals surface area contributed by atoms with Crippen LogP contribution in [0.5, 0.6) is 0 Å². The van der Waals surface area contributed by atoms with Crippen molar-refractivity contribution in [3.8, 4) is 0 Å². The number of amidine groups is 1. The third-order valence-electron chi connectivity index (χ3n) is 4.59. The number of anilines is 1. The van der Waals surface area contributed by atoms with E-state index in [2.05, 4.69) is 15.0 Å². The lowest BCUT2D eigenvalue weighted by Crippen LogP contribution is -2.37. The van der Waals surface area contributed by atoms with Crippen LogP contribution in [0.25, 0.3) is 0 Å². The zero-order valence-electron chi connectivity index (χ0n) is 15.3. The number of hydrogen-bond donors (Lipinski definition) is 2. The van der Waals surface area contributed by atoms with E-state index < -0.39 is 15.9 Å². The minimum Gasteiger partial charge on any atom is -0.355 e. The van der Waals surface area contributed by atoms with Crippen molar-refractivity contribution in [2.45, 2.75) is 43.9 Å². The number of nitrogens with one attached hydrogen (secondary N) is 2. The van der Waals surface area contributed by atoms with Gasteiger partial charge in [0.05, 0.1) is 12.2 Å². The summed E-state index contributed by atoms with van der Waals surface area (Å²) in [7, 11) is -3.84. The molecule has 1 fully saturated rings. The molecule has 0 aliphatic carbocycles. The monoisotopic (exact) mass is 392 g/mol. The van der Waals surface area contributed by atoms with E-state index in [0.29, 0.717) is 31.0 Å². The molecule has 0 radical (unpaired) electrons. The summed E-state index contributed by atoms with van der Waals surface area (Å²) in [6, 6.07) is 4.58. The summed E-state index contributed by atoms with van der Waals surface area (Å²) in [5.41, 5.74) is 0.758. The van der Waals surface area contributed by atoms with Gasteiger partial charge in [-0.3, -0.25) is 9.59 Å². The van der Waals surface area contributed by atoms with E-state index in [0.717, 1.165) is 25.7 Å². The van der Waals surface area contributed by atoms with Crippen molar-refractivity contribution in [1.82, 2.24) is 10.6 Å². The molecule has 8 nitrogen and oxygen atoms in total. The molecule has 1 saturated heterocycles. The Morgan fingerprint density at radius 2 is 2.00 bits per heavy atom. The van der Waals surface area contributed by atoms with Crippen LogP contribution in [0.1, 0.15) is 49.4 Å². The van der Waals surface area contributed by atoms with Gasteiger partial charge in [0.15, 0.2) is 0 Å². The van der Waals surface area contributed by atoms with Crippen LogP contribution >= 0.6 is 0 Å². The van der Waals surface area contributed by atoms with Gasteiger partial charge in [0.1, 0.15) is 10.7 Å². The summed E-state index contributed by atoms with van der Waals surface area (Å²) >= 11 is 0. The van der Waals surface area contributed by atoms with Gasteiger partial charge in [-0.25, -0.2) is 0 Å². The van der Waals surface area contributed by atoms with Gasteiger partial charge >= 0.3 is 0 Å². The number of rotatable bonds is 5. The van der Waals surface area contributed by atoms with E-state index >= 15 is 0 Å². The van der Waals surface area contributed by atoms with Crippen LogP contribution in [0.4, 0.5) is 5.69 Å². The molecule has 27 heavy (non-hydrogen) atoms. The van der Waals surface area contributed by atoms with Crippen LogP contribution in [-0.4, -0.2) is 45.7 Å². The quantitative estimate of drug-likeness (QED) is 0.788. The fourth-order valence-corrected chi connectivity index (χ4v) is 4.49. The lowest BCUT2D eigenvalue weighted by atomic mass is 10.1. The average Bonchev–Trinajstić information content (AvgIpc) is 2.89. The first-order chi connectivity index (χ1) is 12.9. The van der Waals surface area contributed by atoms with E-state index in [4.69, 9.17) is 0 Å². The molecule has 2 amide bonds. The smallest absolute Gasteiger partial charge is 0.286 e. The van der Waals surface area contributed by atoms with Crippen LogP contribution in [0.3, 0.4) is 0 Å². The molecule has 1 aromatic rings. The first-order valence-electron chi connectivity index (χ1n) is 9.22. The molecule has 146 valence electrons. The number of fused-ring (bicyclic) bond motifs is 3. The molecule has 9 heteroatoms. The summed E-state index contributed by atoms with van der Waals surface area (Å²) in [5, 5.41) is 5.18. The highest BCUT2D eigenvalue weighted by Crippen LogP contribution is 2.34. The van der Waals surface area contributed by atoms with Crippen molar-refractivity contribution in [3.63, 3.8) is 0 Å². The van der Waals surface area contributed by atoms with Gasteiger partial charge in [-0.2, -0.15) is 8.42 Å². The van der Waals surface area contributed by atoms with E-state index in [-0.39, 0.29) is 22.9 Å². The average molecular weight is 392 g/mol. The zero-order chi connectivity index (χ0) is 19.4. The van der Waals surface area contributed by atoms with Gasteiger partial charge < -0.3 is 15.5 Å². The zero-order valence-corrected chi connectivity index (χ0v) is 16.1. The fourth-order valence-electron chi connectivity index (χ4n) is 3.21. The van der Waals surface area contributed by atoms with Crippen LogP contribution in [-0.2, 0) is 14.8 Å². The Kier molecular flexibility index (Phi) is 5.79. The number of carbonyl (C=O) groups is 2. The Balaban J connectivity index is 1.81. The Morgan fingerprint density at radius 1 is 1.19 bits per heavy atom. The summed E-state index contributed by atoms with van der Waals surface area (Å²) in [6.07, 6.45) is 4.36. The van der Waals surface area contributed by atoms with Crippen molar-refractivity contribution in [1.29, 1.82) is 0 Å². The summed E-state index contributed by atoms with van der Waals surface area (Å²) < 4.78 is 29.1. The molecular weight excluding hydrogens is 368 g/mol. The number of nitrogens with zero attached hydrogens (tertiary/aromatic N) is 2. The van der Waals surface area contributed by atoms with Crippen LogP contribution < -0.4 is 15.5 Å². The minimum atomic E-state index is -3.84. The molecule has 2 aliphatic heterocycles. The molecule has 0 saturated carbocycles. The highest BCUT2D eigenvalue weighted by Gasteiger charge is 2.32. The van der Waals surface area contributed by atoms with Crippen molar-refractivity contribution in [2.75, 3.05) is 24.5 Å². The lowest BCUT2D eigenvalue weighted by Gasteiger charge is -2.29. The number of benzene rings is 1. The molecule has 0 spiro atoms. The van der Waals surface area contributed by atoms with Crippen molar-refractivity contribution in [3.05, 3.63) is 23.8 Å². The summed E-state index contributed by atoms with van der Waals surface area (Å²) in [4.78, 5) is 25.9. The molecule has 3 rings (SSSR count). The minimum absolute atomic E-state index is 0.0382. The second-order valence-electron chi connectivity index (χ2n) is 6.66. The fraction of sp³-hybridized carbons (Fsp3) is 0.500. The van der Waals surface area contributed by atoms with E-state index in [1.807, 2.05) is 11.8 Å². The Morgan fingerprint density at radius 3 is 2.78 bits per heavy atom. The molecule has 0 unspecified atom stereocenters. The molecule has 1 aromatic carbocycles. The number of sulfonamides is 1. The van der Waals surface area contributed by atoms with Gasteiger partial charge in [-0.1, -0.05) is 13.3 Å². The predicted octanol–water partition coefficient (Wildman–Crippen LogP) is 1.42. The SMILES string of the molecule is CCCNC(=O)CNC(=O)c1ccc2c(c1)S(=O)(=O)N=C1CCCCCN12. The van der Waals surface area contributed by atoms with E-state index in [9.17, 15) is 18.0 Å². The molecule has 0 aromatic heterocycles. The van der Waals surface area contributed by atoms with Crippen LogP contribution in [0.2, 0.25) is 0 Å². The van der Waals surface area contributed by atoms with Crippen molar-refractivity contribution in [2.24, 2.45) is 4.40 Å². The largest absolute Gasteiger partial charge is 0.355 e. The topological polar surface area (TPSA) is 108 Å². The molecule has 2 aliphatic rings. The summed E-state index contributed by atoms with van der Waals surface area (Å²) in [6.45, 7) is 3.04. The number of amides is 2. The van der Waals surface area contributed by atoms with Crippen molar-refractivity contribution >= 4 is 33.4 Å². The normalized spacial score (nSPS) is 17.8. The molecule has 0 bridgehead atoms. The van der Waals surface area contributed by atoms with E-state index in [1.54, 1.807) is 12.1 Å². The highest BCUT2D eigenvalue weighted by molar-refractivity contribution is 7.90. The van der Waals surface area contributed by atoms with Gasteiger partial charge in [0, 0.05) is 25.1 Å². The maximum absolute atomic E-state index is 12.6. The molecule has 0 atom stereocenters. The van der Waals surface area contributed by atoms with Gasteiger partial charge in [0.2, 0.25) is 5.91 Å². The lowest BCUT2D eigenvalue weighted by molar-refractivity contribution is -0.120. The maximum atomic E-state index is 12.6. The number of hydrogen-bond acceptors (Lipinski definition) is 5. The summed E-state index contributed by atoms with van der Waals surface area (Å²) in [5.74, 6) is -0.204. The van der Waals surface area contributed by atoms with E-state index in [1.165, 1.54) is 6.07 Å². The van der Waals surface area contributed by atoms with Crippen LogP contribution in [0.15, 0.2) is 27.5 Å². The highest BCUT2D eigenvalue weighted by atomic mass is 32.2. The Bertz CT molecular complexity index is 879. The standard InChI is InChI=1S/C18H24N4O4S/c1-2-9-19-17(23)12-20-18(24)13-7-8-14-15(11-13)27(25,26)21-16-6-4-3-5-10-22(14)16/h7-8,11H,2-6,9-10,12H2,1H3,(H,19,23)(H,20,24).